The Hall–Kier alpha value is -4.33. The second-order valence-corrected chi connectivity index (χ2v) is 11.8. The van der Waals surface area contributed by atoms with E-state index >= 15 is 0 Å². The second kappa shape index (κ2) is 16.3. The van der Waals surface area contributed by atoms with Gasteiger partial charge in [0.05, 0.1) is 51.2 Å². The number of ether oxygens (including phenoxy) is 4. The molecule has 1 aliphatic rings. The number of nitrogens with zero attached hydrogens (tertiary/aromatic N) is 2. The van der Waals surface area contributed by atoms with E-state index < -0.39 is 24.3 Å². The number of amides is 2. The van der Waals surface area contributed by atoms with E-state index in [9.17, 15) is 20.0 Å². The molecule has 0 saturated carbocycles. The molecule has 0 spiro atoms. The van der Waals surface area contributed by atoms with E-state index in [0.29, 0.717) is 45.2 Å². The third-order valence-corrected chi connectivity index (χ3v) is 8.03. The van der Waals surface area contributed by atoms with Gasteiger partial charge in [-0.3, -0.25) is 5.43 Å². The van der Waals surface area contributed by atoms with Gasteiger partial charge in [-0.1, -0.05) is 24.3 Å². The lowest BCUT2D eigenvalue weighted by Crippen LogP contribution is -2.45. The summed E-state index contributed by atoms with van der Waals surface area (Å²) >= 11 is 5.70. The smallest absolute Gasteiger partial charge is 0.337 e. The zero-order valence-corrected chi connectivity index (χ0v) is 28.8. The Balaban J connectivity index is 1.37. The fraction of sp³-hybridized carbons (Fsp3) is 0.250. The molecule has 2 atom stereocenters. The van der Waals surface area contributed by atoms with E-state index in [1.54, 1.807) is 37.4 Å². The number of allylic oxidation sites excluding steroid dienone is 1. The molecule has 4 N–H and O–H groups in total. The number of esters is 1. The van der Waals surface area contributed by atoms with Crippen LogP contribution in [0.15, 0.2) is 75.4 Å². The van der Waals surface area contributed by atoms with Crippen LogP contribution in [0, 0.1) is 14.9 Å². The summed E-state index contributed by atoms with van der Waals surface area (Å²) in [6.45, 7) is 3.84. The number of aliphatic hydroxyl groups is 1. The van der Waals surface area contributed by atoms with Gasteiger partial charge < -0.3 is 34.7 Å². The van der Waals surface area contributed by atoms with Gasteiger partial charge in [0.15, 0.2) is 17.7 Å². The fourth-order valence-corrected chi connectivity index (χ4v) is 6.29. The average molecular weight is 804 g/mol. The Morgan fingerprint density at radius 1 is 1.20 bits per heavy atom. The maximum Gasteiger partial charge on any atom is 0.337 e. The number of hydrazone groups is 1. The summed E-state index contributed by atoms with van der Waals surface area (Å²) in [5.74, 6) is 0.774. The highest BCUT2D eigenvalue weighted by Gasteiger charge is 2.32. The maximum absolute atomic E-state index is 12.5. The van der Waals surface area contributed by atoms with Crippen LogP contribution in [-0.4, -0.2) is 49.9 Å². The van der Waals surface area contributed by atoms with Crippen molar-refractivity contribution in [2.75, 3.05) is 20.3 Å². The van der Waals surface area contributed by atoms with Crippen LogP contribution in [0.25, 0.3) is 0 Å². The molecule has 12 nitrogen and oxygen atoms in total. The normalized spacial score (nSPS) is 15.0. The minimum atomic E-state index is -1.16. The van der Waals surface area contributed by atoms with Crippen LogP contribution < -0.4 is 30.3 Å². The third kappa shape index (κ3) is 8.68. The van der Waals surface area contributed by atoms with E-state index in [-0.39, 0.29) is 18.8 Å². The first-order valence-corrected chi connectivity index (χ1v) is 15.8. The Morgan fingerprint density at radius 3 is 2.70 bits per heavy atom. The number of nitriles is 1. The lowest BCUT2D eigenvalue weighted by atomic mass is 9.95. The molecule has 0 saturated heterocycles. The van der Waals surface area contributed by atoms with Gasteiger partial charge in [0.1, 0.15) is 19.0 Å². The summed E-state index contributed by atoms with van der Waals surface area (Å²) in [6, 6.07) is 16.9. The Labute approximate surface area is 288 Å². The molecule has 0 unspecified atom stereocenters. The quantitative estimate of drug-likeness (QED) is 0.0611. The minimum absolute atomic E-state index is 0.161. The molecular weight excluding hydrogens is 773 g/mol. The van der Waals surface area contributed by atoms with Crippen molar-refractivity contribution < 1.29 is 33.6 Å². The zero-order chi connectivity index (χ0) is 33.2. The number of aliphatic hydroxyl groups excluding tert-OH is 1. The van der Waals surface area contributed by atoms with Crippen LogP contribution in [0.3, 0.4) is 0 Å². The SMILES string of the molecule is CCOc1cc([C@H]2NC(=O)NC(C)=C2C(=O)OC)ccc1OC[C@H](O)N/N=C\c1cc(Br)c(OCc2ccccc2C#N)c(I)c1. The summed E-state index contributed by atoms with van der Waals surface area (Å²) in [5.41, 5.74) is 5.96. The highest BCUT2D eigenvalue weighted by atomic mass is 127. The number of benzene rings is 3. The van der Waals surface area contributed by atoms with Crippen molar-refractivity contribution in [3.8, 4) is 23.3 Å². The van der Waals surface area contributed by atoms with Gasteiger partial charge in [0, 0.05) is 11.3 Å². The number of hydrogen-bond acceptors (Lipinski definition) is 10. The van der Waals surface area contributed by atoms with Crippen molar-refractivity contribution in [2.45, 2.75) is 32.7 Å². The Bertz CT molecular complexity index is 1690. The van der Waals surface area contributed by atoms with Crippen molar-refractivity contribution in [3.63, 3.8) is 0 Å². The summed E-state index contributed by atoms with van der Waals surface area (Å²) in [4.78, 5) is 24.6. The molecule has 2 amide bonds. The number of hydrogen-bond donors (Lipinski definition) is 4. The highest BCUT2D eigenvalue weighted by molar-refractivity contribution is 14.1. The van der Waals surface area contributed by atoms with Crippen molar-refractivity contribution in [2.24, 2.45) is 5.10 Å². The van der Waals surface area contributed by atoms with Crippen LogP contribution in [0.5, 0.6) is 17.2 Å². The molecule has 1 heterocycles. The van der Waals surface area contributed by atoms with E-state index in [4.69, 9.17) is 18.9 Å². The molecule has 0 radical (unpaired) electrons. The third-order valence-electron chi connectivity index (χ3n) is 6.64. The predicted octanol–water partition coefficient (Wildman–Crippen LogP) is 5.02. The largest absolute Gasteiger partial charge is 0.490 e. The molecule has 0 aromatic heterocycles. The summed E-state index contributed by atoms with van der Waals surface area (Å²) in [5, 5.41) is 29.2. The minimum Gasteiger partial charge on any atom is -0.490 e. The molecule has 240 valence electrons. The molecule has 0 aliphatic carbocycles. The number of carbonyl (C=O) groups excluding carboxylic acids is 2. The Morgan fingerprint density at radius 2 is 1.98 bits per heavy atom. The lowest BCUT2D eigenvalue weighted by Gasteiger charge is -2.28. The van der Waals surface area contributed by atoms with E-state index in [1.165, 1.54) is 7.11 Å². The molecule has 3 aromatic carbocycles. The van der Waals surface area contributed by atoms with Crippen molar-refractivity contribution >= 4 is 56.7 Å². The summed E-state index contributed by atoms with van der Waals surface area (Å²) in [7, 11) is 1.27. The average Bonchev–Trinajstić information content (AvgIpc) is 3.03. The van der Waals surface area contributed by atoms with Gasteiger partial charge in [0.2, 0.25) is 0 Å². The number of halogens is 2. The number of methoxy groups -OCH3 is 1. The molecule has 0 fully saturated rings. The first-order chi connectivity index (χ1) is 22.1. The molecular formula is C32H31BrIN5O7. The van der Waals surface area contributed by atoms with Crippen LogP contribution in [0.2, 0.25) is 0 Å². The van der Waals surface area contributed by atoms with Crippen LogP contribution in [0.4, 0.5) is 4.79 Å². The van der Waals surface area contributed by atoms with Gasteiger partial charge in [-0.25, -0.2) is 9.59 Å². The summed E-state index contributed by atoms with van der Waals surface area (Å²) < 4.78 is 24.0. The molecule has 46 heavy (non-hydrogen) atoms. The predicted molar refractivity (Wildman–Crippen MR) is 181 cm³/mol. The number of nitrogens with one attached hydrogen (secondary N) is 3. The van der Waals surface area contributed by atoms with Gasteiger partial charge in [-0.05, 0) is 93.8 Å². The van der Waals surface area contributed by atoms with Crippen LogP contribution in [0.1, 0.15) is 42.1 Å². The van der Waals surface area contributed by atoms with E-state index in [2.05, 4.69) is 65.8 Å². The van der Waals surface area contributed by atoms with Crippen LogP contribution >= 0.6 is 38.5 Å². The lowest BCUT2D eigenvalue weighted by molar-refractivity contribution is -0.136. The van der Waals surface area contributed by atoms with Crippen LogP contribution in [-0.2, 0) is 16.1 Å². The molecule has 14 heteroatoms. The topological polar surface area (TPSA) is 164 Å². The van der Waals surface area contributed by atoms with E-state index in [0.717, 1.165) is 14.7 Å². The van der Waals surface area contributed by atoms with Crippen molar-refractivity contribution in [1.82, 2.24) is 16.1 Å². The highest BCUT2D eigenvalue weighted by Crippen LogP contribution is 2.35. The van der Waals surface area contributed by atoms with Crippen molar-refractivity contribution in [1.29, 1.82) is 5.26 Å². The maximum atomic E-state index is 12.5. The first kappa shape index (κ1) is 34.5. The summed E-state index contributed by atoms with van der Waals surface area (Å²) in [6.07, 6.45) is 0.392. The van der Waals surface area contributed by atoms with Gasteiger partial charge in [0.25, 0.3) is 0 Å². The molecule has 3 aromatic rings. The van der Waals surface area contributed by atoms with Crippen molar-refractivity contribution in [3.05, 3.63) is 96.2 Å². The molecule has 1 aliphatic heterocycles. The first-order valence-electron chi connectivity index (χ1n) is 14.0. The van der Waals surface area contributed by atoms with Gasteiger partial charge in [-0.15, -0.1) is 0 Å². The number of carbonyl (C=O) groups is 2. The standard InChI is InChI=1S/C32H31BrIN5O7/c1-4-44-26-13-20(29-28(31(41)43-3)18(2)37-32(42)38-29)9-10-25(26)45-17-27(40)39-36-15-19-11-23(33)30(24(34)12-19)46-16-22-8-6-5-7-21(22)14-35/h5-13,15,27,29,39-40H,4,16-17H2,1-3H3,(H2,37,38,42)/b36-15-/t27-,29+/m0/s1. The fourth-order valence-electron chi connectivity index (χ4n) is 4.52. The monoisotopic (exact) mass is 803 g/mol. The molecule has 4 rings (SSSR count). The zero-order valence-electron chi connectivity index (χ0n) is 25.1. The Kier molecular flexibility index (Phi) is 12.2. The number of urea groups is 1. The second-order valence-electron chi connectivity index (χ2n) is 9.79. The number of rotatable bonds is 13. The molecule has 0 bridgehead atoms. The van der Waals surface area contributed by atoms with Gasteiger partial charge in [-0.2, -0.15) is 10.4 Å². The van der Waals surface area contributed by atoms with Gasteiger partial charge >= 0.3 is 12.0 Å². The van der Waals surface area contributed by atoms with E-state index in [1.807, 2.05) is 37.3 Å².